The molecule has 0 aliphatic carbocycles. The molecule has 2 aliphatic rings. The van der Waals surface area contributed by atoms with E-state index in [0.717, 1.165) is 19.5 Å². The van der Waals surface area contributed by atoms with Gasteiger partial charge in [0.2, 0.25) is 0 Å². The Hall–Kier alpha value is -2.02. The van der Waals surface area contributed by atoms with Crippen LogP contribution in [-0.2, 0) is 0 Å². The Morgan fingerprint density at radius 2 is 2.05 bits per heavy atom. The third-order valence-corrected chi connectivity index (χ3v) is 3.77. The van der Waals surface area contributed by atoms with E-state index in [4.69, 9.17) is 9.47 Å². The molecule has 1 aromatic carbocycles. The van der Waals surface area contributed by atoms with Crippen LogP contribution in [0.5, 0.6) is 11.5 Å². The number of nitro groups is 1. The molecule has 1 N–H and O–H groups in total. The molecule has 7 nitrogen and oxygen atoms in total. The fraction of sp³-hybridized carbons (Fsp3) is 0.538. The minimum absolute atomic E-state index is 0.0750. The van der Waals surface area contributed by atoms with Crippen LogP contribution < -0.4 is 19.7 Å². The number of nitrogens with zero attached hydrogens (tertiary/aromatic N) is 2. The molecule has 1 fully saturated rings. The fourth-order valence-corrected chi connectivity index (χ4v) is 2.68. The molecule has 1 saturated heterocycles. The molecule has 108 valence electrons. The second-order valence-electron chi connectivity index (χ2n) is 4.96. The Labute approximate surface area is 116 Å². The number of likely N-dealkylation sites (N-methyl/N-ethyl adjacent to an activating group) is 1. The Bertz CT molecular complexity index is 535. The van der Waals surface area contributed by atoms with Gasteiger partial charge < -0.3 is 19.7 Å². The zero-order valence-electron chi connectivity index (χ0n) is 11.3. The molecule has 1 atom stereocenters. The summed E-state index contributed by atoms with van der Waals surface area (Å²) in [6.07, 6.45) is 0.974. The number of anilines is 1. The number of benzene rings is 1. The Kier molecular flexibility index (Phi) is 3.35. The normalized spacial score (nSPS) is 21.1. The summed E-state index contributed by atoms with van der Waals surface area (Å²) in [7, 11) is 1.91. The van der Waals surface area contributed by atoms with Crippen LogP contribution in [0.2, 0.25) is 0 Å². The van der Waals surface area contributed by atoms with Crippen LogP contribution in [0.1, 0.15) is 6.42 Å². The monoisotopic (exact) mass is 279 g/mol. The van der Waals surface area contributed by atoms with Crippen molar-refractivity contribution in [1.29, 1.82) is 0 Å². The van der Waals surface area contributed by atoms with E-state index in [2.05, 4.69) is 5.32 Å². The maximum absolute atomic E-state index is 11.3. The van der Waals surface area contributed by atoms with Crippen molar-refractivity contribution in [2.75, 3.05) is 38.3 Å². The molecule has 0 radical (unpaired) electrons. The highest BCUT2D eigenvalue weighted by atomic mass is 16.6. The lowest BCUT2D eigenvalue weighted by molar-refractivity contribution is -0.384. The van der Waals surface area contributed by atoms with Gasteiger partial charge in [-0.1, -0.05) is 0 Å². The molecule has 0 amide bonds. The van der Waals surface area contributed by atoms with Gasteiger partial charge in [-0.25, -0.2) is 0 Å². The van der Waals surface area contributed by atoms with E-state index in [1.54, 1.807) is 6.07 Å². The first-order valence-electron chi connectivity index (χ1n) is 6.69. The van der Waals surface area contributed by atoms with Crippen molar-refractivity contribution in [2.24, 2.45) is 0 Å². The predicted octanol–water partition coefficient (Wildman–Crippen LogP) is 1.16. The molecule has 0 bridgehead atoms. The first kappa shape index (κ1) is 13.0. The summed E-state index contributed by atoms with van der Waals surface area (Å²) in [5, 5.41) is 14.5. The van der Waals surface area contributed by atoms with E-state index >= 15 is 0 Å². The summed E-state index contributed by atoms with van der Waals surface area (Å²) in [5.41, 5.74) is 0.683. The molecule has 7 heteroatoms. The van der Waals surface area contributed by atoms with Crippen molar-refractivity contribution >= 4 is 11.4 Å². The predicted molar refractivity (Wildman–Crippen MR) is 73.8 cm³/mol. The zero-order chi connectivity index (χ0) is 14.1. The van der Waals surface area contributed by atoms with Crippen molar-refractivity contribution in [2.45, 2.75) is 12.5 Å². The van der Waals surface area contributed by atoms with Crippen molar-refractivity contribution in [3.8, 4) is 11.5 Å². The third kappa shape index (κ3) is 2.24. The lowest BCUT2D eigenvalue weighted by Crippen LogP contribution is -2.29. The average Bonchev–Trinajstić information content (AvgIpc) is 2.94. The van der Waals surface area contributed by atoms with E-state index in [1.807, 2.05) is 11.9 Å². The number of rotatable bonds is 3. The van der Waals surface area contributed by atoms with Gasteiger partial charge in [0.1, 0.15) is 18.9 Å². The minimum atomic E-state index is -0.361. The Morgan fingerprint density at radius 3 is 2.65 bits per heavy atom. The number of nitro benzene ring substituents is 1. The van der Waals surface area contributed by atoms with Crippen LogP contribution in [0.25, 0.3) is 0 Å². The van der Waals surface area contributed by atoms with Crippen LogP contribution in [0, 0.1) is 10.1 Å². The maximum atomic E-state index is 11.3. The number of hydrogen-bond donors (Lipinski definition) is 1. The molecule has 1 unspecified atom stereocenters. The Balaban J connectivity index is 1.98. The van der Waals surface area contributed by atoms with Gasteiger partial charge in [-0.05, 0) is 13.5 Å². The lowest BCUT2D eigenvalue weighted by atomic mass is 10.2. The van der Waals surface area contributed by atoms with E-state index in [1.165, 1.54) is 6.07 Å². The molecular weight excluding hydrogens is 262 g/mol. The smallest absolute Gasteiger partial charge is 0.296 e. The van der Waals surface area contributed by atoms with Crippen LogP contribution in [-0.4, -0.2) is 44.3 Å². The van der Waals surface area contributed by atoms with Crippen LogP contribution >= 0.6 is 0 Å². The maximum Gasteiger partial charge on any atom is 0.296 e. The summed E-state index contributed by atoms with van der Waals surface area (Å²) in [6.45, 7) is 2.46. The largest absolute Gasteiger partial charge is 0.486 e. The molecule has 20 heavy (non-hydrogen) atoms. The van der Waals surface area contributed by atoms with Gasteiger partial charge in [0, 0.05) is 25.2 Å². The molecule has 2 aliphatic heterocycles. The first-order chi connectivity index (χ1) is 9.69. The summed E-state index contributed by atoms with van der Waals surface area (Å²) < 4.78 is 10.9. The molecule has 2 heterocycles. The zero-order valence-corrected chi connectivity index (χ0v) is 11.3. The average molecular weight is 279 g/mol. The van der Waals surface area contributed by atoms with Crippen molar-refractivity contribution < 1.29 is 14.4 Å². The van der Waals surface area contributed by atoms with Crippen LogP contribution in [0.4, 0.5) is 11.4 Å². The number of ether oxygens (including phenoxy) is 2. The SMILES string of the molecule is CNC1CCN(c2cc3c(cc2[N+](=O)[O-])OCCO3)C1. The van der Waals surface area contributed by atoms with Crippen molar-refractivity contribution in [3.05, 3.63) is 22.2 Å². The minimum Gasteiger partial charge on any atom is -0.486 e. The van der Waals surface area contributed by atoms with Gasteiger partial charge in [-0.2, -0.15) is 0 Å². The Morgan fingerprint density at radius 1 is 1.35 bits per heavy atom. The van der Waals surface area contributed by atoms with Crippen LogP contribution in [0.15, 0.2) is 12.1 Å². The lowest BCUT2D eigenvalue weighted by Gasteiger charge is -2.23. The van der Waals surface area contributed by atoms with E-state index in [-0.39, 0.29) is 10.6 Å². The second-order valence-corrected chi connectivity index (χ2v) is 4.96. The van der Waals surface area contributed by atoms with E-state index in [9.17, 15) is 10.1 Å². The second kappa shape index (κ2) is 5.16. The van der Waals surface area contributed by atoms with Gasteiger partial charge in [0.25, 0.3) is 5.69 Å². The van der Waals surface area contributed by atoms with Gasteiger partial charge in [0.15, 0.2) is 11.5 Å². The van der Waals surface area contributed by atoms with Gasteiger partial charge >= 0.3 is 0 Å². The summed E-state index contributed by atoms with van der Waals surface area (Å²) in [5.74, 6) is 1.04. The summed E-state index contributed by atoms with van der Waals surface area (Å²) in [4.78, 5) is 12.9. The number of hydrogen-bond acceptors (Lipinski definition) is 6. The highest BCUT2D eigenvalue weighted by molar-refractivity contribution is 5.70. The molecule has 0 aromatic heterocycles. The fourth-order valence-electron chi connectivity index (χ4n) is 2.68. The quantitative estimate of drug-likeness (QED) is 0.661. The first-order valence-corrected chi connectivity index (χ1v) is 6.69. The van der Waals surface area contributed by atoms with Crippen molar-refractivity contribution in [3.63, 3.8) is 0 Å². The van der Waals surface area contributed by atoms with Crippen LogP contribution in [0.3, 0.4) is 0 Å². The highest BCUT2D eigenvalue weighted by Gasteiger charge is 2.29. The van der Waals surface area contributed by atoms with Gasteiger partial charge in [0.05, 0.1) is 11.0 Å². The van der Waals surface area contributed by atoms with Gasteiger partial charge in [-0.15, -0.1) is 0 Å². The standard InChI is InChI=1S/C13H17N3O4/c1-14-9-2-3-15(8-9)10-6-12-13(20-5-4-19-12)7-11(10)16(17)18/h6-7,9,14H,2-5,8H2,1H3. The molecule has 0 spiro atoms. The summed E-state index contributed by atoms with van der Waals surface area (Å²) in [6, 6.07) is 3.56. The van der Waals surface area contributed by atoms with Crippen molar-refractivity contribution in [1.82, 2.24) is 5.32 Å². The number of nitrogens with one attached hydrogen (secondary N) is 1. The highest BCUT2D eigenvalue weighted by Crippen LogP contribution is 2.41. The van der Waals surface area contributed by atoms with Gasteiger partial charge in [-0.3, -0.25) is 10.1 Å². The molecule has 1 aromatic rings. The van der Waals surface area contributed by atoms with E-state index in [0.29, 0.717) is 36.4 Å². The molecular formula is C13H17N3O4. The van der Waals surface area contributed by atoms with E-state index < -0.39 is 0 Å². The third-order valence-electron chi connectivity index (χ3n) is 3.77. The number of fused-ring (bicyclic) bond motifs is 1. The summed E-state index contributed by atoms with van der Waals surface area (Å²) >= 11 is 0. The topological polar surface area (TPSA) is 76.9 Å². The molecule has 0 saturated carbocycles. The molecule has 3 rings (SSSR count).